The Labute approximate surface area is 184 Å². The van der Waals surface area contributed by atoms with Gasteiger partial charge in [0.15, 0.2) is 0 Å². The highest BCUT2D eigenvalue weighted by Gasteiger charge is 2.27. The van der Waals surface area contributed by atoms with Crippen LogP contribution in [0.3, 0.4) is 0 Å². The average Bonchev–Trinajstić information content (AvgIpc) is 3.13. The van der Waals surface area contributed by atoms with Gasteiger partial charge >= 0.3 is 0 Å². The van der Waals surface area contributed by atoms with E-state index in [4.69, 9.17) is 0 Å². The van der Waals surface area contributed by atoms with Crippen LogP contribution in [0.2, 0.25) is 0 Å². The number of nitrogens with zero attached hydrogens (tertiary/aromatic N) is 2. The van der Waals surface area contributed by atoms with Gasteiger partial charge in [0.2, 0.25) is 0 Å². The van der Waals surface area contributed by atoms with Crippen LogP contribution in [0.5, 0.6) is 0 Å². The first kappa shape index (κ1) is 26.4. The molecular formula is C27H54N2. The van der Waals surface area contributed by atoms with Crippen molar-refractivity contribution in [2.75, 3.05) is 13.1 Å². The summed E-state index contributed by atoms with van der Waals surface area (Å²) in [6.45, 7) is 11.6. The fourth-order valence-corrected chi connectivity index (χ4v) is 4.82. The Morgan fingerprint density at radius 1 is 0.552 bits per heavy atom. The Morgan fingerprint density at radius 2 is 0.931 bits per heavy atom. The maximum Gasteiger partial charge on any atom is 0.103 e. The summed E-state index contributed by atoms with van der Waals surface area (Å²) in [6, 6.07) is 0. The van der Waals surface area contributed by atoms with Crippen LogP contribution in [0, 0.1) is 5.92 Å². The second-order valence-electron chi connectivity index (χ2n) is 9.68. The number of rotatable bonds is 20. The molecule has 0 bridgehead atoms. The lowest BCUT2D eigenvalue weighted by Crippen LogP contribution is -2.42. The summed E-state index contributed by atoms with van der Waals surface area (Å²) >= 11 is 0. The third-order valence-corrected chi connectivity index (χ3v) is 6.61. The van der Waals surface area contributed by atoms with E-state index >= 15 is 0 Å². The minimum Gasteiger partial charge on any atom is -0.356 e. The fraction of sp³-hybridized carbons (Fsp3) is 0.926. The van der Waals surface area contributed by atoms with E-state index in [1.807, 2.05) is 0 Å². The van der Waals surface area contributed by atoms with Gasteiger partial charge in [0.1, 0.15) is 6.17 Å². The summed E-state index contributed by atoms with van der Waals surface area (Å²) < 4.78 is 0. The fourth-order valence-electron chi connectivity index (χ4n) is 4.82. The van der Waals surface area contributed by atoms with Crippen molar-refractivity contribution in [2.45, 2.75) is 143 Å². The van der Waals surface area contributed by atoms with Crippen LogP contribution in [0.15, 0.2) is 12.4 Å². The average molecular weight is 407 g/mol. The van der Waals surface area contributed by atoms with Crippen molar-refractivity contribution in [2.24, 2.45) is 5.92 Å². The quantitative estimate of drug-likeness (QED) is 0.186. The van der Waals surface area contributed by atoms with Crippen molar-refractivity contribution in [3.05, 3.63) is 12.4 Å². The van der Waals surface area contributed by atoms with Crippen molar-refractivity contribution in [1.82, 2.24) is 9.80 Å². The number of hydrogen-bond acceptors (Lipinski definition) is 2. The van der Waals surface area contributed by atoms with E-state index in [1.165, 1.54) is 116 Å². The molecule has 29 heavy (non-hydrogen) atoms. The molecule has 1 rings (SSSR count). The highest BCUT2D eigenvalue weighted by molar-refractivity contribution is 4.97. The topological polar surface area (TPSA) is 6.48 Å². The van der Waals surface area contributed by atoms with Crippen LogP contribution in [0.25, 0.3) is 0 Å². The van der Waals surface area contributed by atoms with Crippen LogP contribution in [-0.4, -0.2) is 29.1 Å². The van der Waals surface area contributed by atoms with Crippen molar-refractivity contribution < 1.29 is 0 Å². The minimum atomic E-state index is 0.584. The molecule has 2 nitrogen and oxygen atoms in total. The Kier molecular flexibility index (Phi) is 16.5. The van der Waals surface area contributed by atoms with E-state index in [1.54, 1.807) is 0 Å². The first-order valence-electron chi connectivity index (χ1n) is 13.4. The summed E-state index contributed by atoms with van der Waals surface area (Å²) in [5.74, 6) is 0.691. The maximum atomic E-state index is 2.57. The predicted octanol–water partition coefficient (Wildman–Crippen LogP) is 8.73. The van der Waals surface area contributed by atoms with Crippen molar-refractivity contribution in [3.63, 3.8) is 0 Å². The van der Waals surface area contributed by atoms with Gasteiger partial charge in [-0.2, -0.15) is 0 Å². The maximum absolute atomic E-state index is 2.57. The van der Waals surface area contributed by atoms with Gasteiger partial charge in [0.05, 0.1) is 0 Å². The van der Waals surface area contributed by atoms with Crippen molar-refractivity contribution >= 4 is 0 Å². The molecule has 2 heteroatoms. The van der Waals surface area contributed by atoms with Crippen LogP contribution in [0.1, 0.15) is 137 Å². The van der Waals surface area contributed by atoms with E-state index in [0.29, 0.717) is 12.1 Å². The Morgan fingerprint density at radius 3 is 1.31 bits per heavy atom. The van der Waals surface area contributed by atoms with Gasteiger partial charge in [0, 0.05) is 25.5 Å². The predicted molar refractivity (Wildman–Crippen MR) is 131 cm³/mol. The number of hydrogen-bond donors (Lipinski definition) is 0. The van der Waals surface area contributed by atoms with Gasteiger partial charge in [-0.1, -0.05) is 124 Å². The van der Waals surface area contributed by atoms with Crippen LogP contribution in [-0.2, 0) is 0 Å². The van der Waals surface area contributed by atoms with E-state index in [0.717, 1.165) is 6.54 Å². The second-order valence-corrected chi connectivity index (χ2v) is 9.68. The lowest BCUT2D eigenvalue weighted by molar-refractivity contribution is 0.110. The van der Waals surface area contributed by atoms with Gasteiger partial charge in [0.25, 0.3) is 0 Å². The molecule has 0 spiro atoms. The lowest BCUT2D eigenvalue weighted by Gasteiger charge is -2.35. The molecule has 0 aliphatic carbocycles. The molecule has 0 aromatic carbocycles. The number of unbranched alkanes of at least 4 members (excludes halogenated alkanes) is 16. The standard InChI is InChI=1S/C27H54N2/c1-5-7-8-9-10-11-12-13-14-15-16-17-18-19-20-21-22-23-29-25-24-28(6-2)27(29)26(3)4/h24-27H,5-23H2,1-4H3. The van der Waals surface area contributed by atoms with E-state index in [-0.39, 0.29) is 0 Å². The van der Waals surface area contributed by atoms with Crippen LogP contribution >= 0.6 is 0 Å². The van der Waals surface area contributed by atoms with Gasteiger partial charge in [-0.05, 0) is 19.3 Å². The van der Waals surface area contributed by atoms with Crippen molar-refractivity contribution in [3.8, 4) is 0 Å². The van der Waals surface area contributed by atoms with E-state index in [9.17, 15) is 0 Å². The van der Waals surface area contributed by atoms with Gasteiger partial charge in [-0.15, -0.1) is 0 Å². The van der Waals surface area contributed by atoms with E-state index < -0.39 is 0 Å². The zero-order valence-electron chi connectivity index (χ0n) is 20.6. The smallest absolute Gasteiger partial charge is 0.103 e. The van der Waals surface area contributed by atoms with Crippen LogP contribution < -0.4 is 0 Å². The molecule has 0 saturated heterocycles. The molecule has 0 saturated carbocycles. The molecule has 0 fully saturated rings. The molecule has 172 valence electrons. The summed E-state index contributed by atoms with van der Waals surface area (Å²) in [5, 5.41) is 0. The van der Waals surface area contributed by atoms with Crippen molar-refractivity contribution in [1.29, 1.82) is 0 Å². The van der Waals surface area contributed by atoms with Gasteiger partial charge in [-0.25, -0.2) is 0 Å². The summed E-state index contributed by atoms with van der Waals surface area (Å²) in [4.78, 5) is 5.05. The summed E-state index contributed by atoms with van der Waals surface area (Å²) in [5.41, 5.74) is 0. The Bertz CT molecular complexity index is 377. The molecule has 0 aromatic rings. The SMILES string of the molecule is CCCCCCCCCCCCCCCCCCCN1C=CN(CC)C1C(C)C. The lowest BCUT2D eigenvalue weighted by atomic mass is 10.0. The summed E-state index contributed by atoms with van der Waals surface area (Å²) in [6.07, 6.45) is 29.8. The Balaban J connectivity index is 1.82. The molecular weight excluding hydrogens is 352 g/mol. The van der Waals surface area contributed by atoms with Gasteiger partial charge < -0.3 is 9.80 Å². The molecule has 1 heterocycles. The molecule has 0 amide bonds. The first-order chi connectivity index (χ1) is 14.2. The molecule has 1 atom stereocenters. The minimum absolute atomic E-state index is 0.584. The largest absolute Gasteiger partial charge is 0.356 e. The molecule has 1 aliphatic heterocycles. The van der Waals surface area contributed by atoms with Gasteiger partial charge in [-0.3, -0.25) is 0 Å². The van der Waals surface area contributed by atoms with Crippen LogP contribution in [0.4, 0.5) is 0 Å². The normalized spacial score (nSPS) is 16.5. The third kappa shape index (κ3) is 12.6. The molecule has 1 aliphatic rings. The zero-order chi connectivity index (χ0) is 21.2. The van der Waals surface area contributed by atoms with E-state index in [2.05, 4.69) is 49.9 Å². The highest BCUT2D eigenvalue weighted by atomic mass is 15.4. The molecule has 1 unspecified atom stereocenters. The monoisotopic (exact) mass is 406 g/mol. The molecule has 0 N–H and O–H groups in total. The second kappa shape index (κ2) is 18.1. The molecule has 0 radical (unpaired) electrons. The highest BCUT2D eigenvalue weighted by Crippen LogP contribution is 2.23. The third-order valence-electron chi connectivity index (χ3n) is 6.61. The summed E-state index contributed by atoms with van der Waals surface area (Å²) in [7, 11) is 0. The zero-order valence-corrected chi connectivity index (χ0v) is 20.6. The Hall–Kier alpha value is -0.660. The molecule has 0 aromatic heterocycles. The first-order valence-corrected chi connectivity index (χ1v) is 13.4.